The van der Waals surface area contributed by atoms with Crippen molar-refractivity contribution in [2.75, 3.05) is 6.61 Å². The zero-order chi connectivity index (χ0) is 21.6. The Hall–Kier alpha value is -2.55. The molecule has 1 fully saturated rings. The predicted molar refractivity (Wildman–Crippen MR) is 99.1 cm³/mol. The second kappa shape index (κ2) is 7.37. The third-order valence-corrected chi connectivity index (χ3v) is 5.63. The zero-order valence-electron chi connectivity index (χ0n) is 16.1. The van der Waals surface area contributed by atoms with Gasteiger partial charge < -0.3 is 20.6 Å². The molecule has 0 spiro atoms. The Morgan fingerprint density at radius 1 is 1.31 bits per heavy atom. The number of aliphatic hydroxyl groups is 1. The van der Waals surface area contributed by atoms with E-state index in [1.807, 2.05) is 0 Å². The minimum Gasteiger partial charge on any atom is -0.461 e. The lowest BCUT2D eigenvalue weighted by molar-refractivity contribution is -0.204. The van der Waals surface area contributed by atoms with Crippen LogP contribution in [0.3, 0.4) is 0 Å². The van der Waals surface area contributed by atoms with E-state index < -0.39 is 36.1 Å². The van der Waals surface area contributed by atoms with E-state index in [2.05, 4.69) is 5.32 Å². The van der Waals surface area contributed by atoms with Gasteiger partial charge in [0.15, 0.2) is 0 Å². The van der Waals surface area contributed by atoms with Gasteiger partial charge in [0.2, 0.25) is 5.91 Å². The van der Waals surface area contributed by atoms with Gasteiger partial charge in [-0.1, -0.05) is 6.07 Å². The van der Waals surface area contributed by atoms with Gasteiger partial charge in [-0.05, 0) is 56.7 Å². The van der Waals surface area contributed by atoms with E-state index in [9.17, 15) is 27.9 Å². The number of rotatable bonds is 6. The number of carbonyl (C=O) groups excluding carboxylic acids is 2. The van der Waals surface area contributed by atoms with Gasteiger partial charge in [-0.2, -0.15) is 13.2 Å². The van der Waals surface area contributed by atoms with Crippen molar-refractivity contribution in [2.24, 2.45) is 17.6 Å². The average molecular weight is 412 g/mol. The number of aliphatic hydroxyl groups excluding tert-OH is 1. The van der Waals surface area contributed by atoms with Gasteiger partial charge in [0.05, 0.1) is 18.1 Å². The van der Waals surface area contributed by atoms with Gasteiger partial charge in [-0.25, -0.2) is 0 Å². The number of hydrogen-bond donors (Lipinski definition) is 3. The van der Waals surface area contributed by atoms with E-state index in [1.54, 1.807) is 25.1 Å². The molecule has 0 saturated heterocycles. The number of furan rings is 1. The number of fused-ring (bicyclic) bond motifs is 1. The van der Waals surface area contributed by atoms with Crippen LogP contribution in [0.2, 0.25) is 0 Å². The molecule has 0 bridgehead atoms. The first-order chi connectivity index (χ1) is 13.4. The van der Waals surface area contributed by atoms with Gasteiger partial charge in [-0.3, -0.25) is 9.59 Å². The molecule has 158 valence electrons. The molecule has 1 heterocycles. The van der Waals surface area contributed by atoms with E-state index in [-0.39, 0.29) is 24.3 Å². The maximum Gasteiger partial charge on any atom is 0.391 e. The molecule has 2 aromatic rings. The Morgan fingerprint density at radius 3 is 2.52 bits per heavy atom. The molecular weight excluding hydrogens is 389 g/mol. The van der Waals surface area contributed by atoms with E-state index in [0.29, 0.717) is 23.2 Å². The quantitative estimate of drug-likeness (QED) is 0.678. The van der Waals surface area contributed by atoms with Crippen LogP contribution in [0.1, 0.15) is 41.4 Å². The summed E-state index contributed by atoms with van der Waals surface area (Å²) in [4.78, 5) is 24.3. The van der Waals surface area contributed by atoms with Crippen molar-refractivity contribution in [3.8, 4) is 0 Å². The third-order valence-electron chi connectivity index (χ3n) is 5.63. The number of aryl methyl sites for hydroxylation is 1. The Balaban J connectivity index is 1.82. The van der Waals surface area contributed by atoms with Crippen molar-refractivity contribution >= 4 is 22.8 Å². The highest BCUT2D eigenvalue weighted by Crippen LogP contribution is 2.46. The van der Waals surface area contributed by atoms with Crippen LogP contribution in [0.25, 0.3) is 11.0 Å². The lowest BCUT2D eigenvalue weighted by atomic mass is 9.72. The molecular formula is C20H23F3N2O4. The third kappa shape index (κ3) is 4.10. The Bertz CT molecular complexity index is 947. The van der Waals surface area contributed by atoms with E-state index in [4.69, 9.17) is 10.2 Å². The Kier molecular flexibility index (Phi) is 5.38. The second-order valence-electron chi connectivity index (χ2n) is 7.95. The van der Waals surface area contributed by atoms with Crippen LogP contribution in [-0.4, -0.2) is 35.2 Å². The van der Waals surface area contributed by atoms with Crippen LogP contribution in [-0.2, 0) is 11.2 Å². The molecule has 1 aromatic carbocycles. The van der Waals surface area contributed by atoms with Gasteiger partial charge in [0.1, 0.15) is 16.9 Å². The number of halogens is 3. The number of amides is 2. The fourth-order valence-electron chi connectivity index (χ4n) is 3.67. The van der Waals surface area contributed by atoms with Gasteiger partial charge in [0, 0.05) is 5.39 Å². The summed E-state index contributed by atoms with van der Waals surface area (Å²) in [5, 5.41) is 12.3. The van der Waals surface area contributed by atoms with Crippen molar-refractivity contribution in [1.29, 1.82) is 0 Å². The summed E-state index contributed by atoms with van der Waals surface area (Å²) in [7, 11) is 0. The monoisotopic (exact) mass is 412 g/mol. The molecule has 29 heavy (non-hydrogen) atoms. The largest absolute Gasteiger partial charge is 0.461 e. The van der Waals surface area contributed by atoms with Gasteiger partial charge >= 0.3 is 6.18 Å². The Labute approximate surface area is 165 Å². The topological polar surface area (TPSA) is 106 Å². The van der Waals surface area contributed by atoms with E-state index in [1.165, 1.54) is 6.92 Å². The second-order valence-corrected chi connectivity index (χ2v) is 7.95. The number of carbonyl (C=O) groups is 2. The number of nitrogens with one attached hydrogen (secondary N) is 1. The first-order valence-corrected chi connectivity index (χ1v) is 9.26. The van der Waals surface area contributed by atoms with Crippen LogP contribution >= 0.6 is 0 Å². The molecule has 1 saturated carbocycles. The maximum atomic E-state index is 12.8. The van der Waals surface area contributed by atoms with Crippen molar-refractivity contribution in [1.82, 2.24) is 5.32 Å². The van der Waals surface area contributed by atoms with Crippen LogP contribution < -0.4 is 11.1 Å². The van der Waals surface area contributed by atoms with Crippen molar-refractivity contribution in [3.63, 3.8) is 0 Å². The lowest BCUT2D eigenvalue weighted by Gasteiger charge is -2.36. The van der Waals surface area contributed by atoms with Gasteiger partial charge in [-0.15, -0.1) is 0 Å². The number of alkyl halides is 3. The first-order valence-electron chi connectivity index (χ1n) is 9.26. The standard InChI is InChI=1S/C20H23F3N2O4/c1-10-16(17(27)25-19(2,9-26)18(24)28)14-8-11(3-4-15(14)29-10)5-12-6-13(7-12)20(21,22)23/h3-4,8,12-13,26H,5-7,9H2,1-2H3,(H2,24,28)(H,25,27)/t12?,13?,19-/m0/s1. The minimum absolute atomic E-state index is 0.0584. The summed E-state index contributed by atoms with van der Waals surface area (Å²) in [6.07, 6.45) is -3.46. The normalized spacial score (nSPS) is 21.4. The summed E-state index contributed by atoms with van der Waals surface area (Å²) < 4.78 is 43.6. The number of benzene rings is 1. The summed E-state index contributed by atoms with van der Waals surface area (Å²) in [6, 6.07) is 5.17. The molecule has 0 unspecified atom stereocenters. The smallest absolute Gasteiger partial charge is 0.391 e. The lowest BCUT2D eigenvalue weighted by Crippen LogP contribution is -2.57. The molecule has 3 rings (SSSR count). The number of primary amides is 1. The molecule has 0 aliphatic heterocycles. The zero-order valence-corrected chi connectivity index (χ0v) is 16.1. The molecule has 1 aliphatic carbocycles. The number of nitrogens with two attached hydrogens (primary N) is 1. The van der Waals surface area contributed by atoms with Crippen LogP contribution in [0.4, 0.5) is 13.2 Å². The predicted octanol–water partition coefficient (Wildman–Crippen LogP) is 2.84. The van der Waals surface area contributed by atoms with Crippen LogP contribution in [0.5, 0.6) is 0 Å². The Morgan fingerprint density at radius 2 is 1.97 bits per heavy atom. The van der Waals surface area contributed by atoms with Crippen molar-refractivity contribution in [3.05, 3.63) is 35.1 Å². The summed E-state index contributed by atoms with van der Waals surface area (Å²) in [5.41, 5.74) is 5.07. The van der Waals surface area contributed by atoms with Crippen molar-refractivity contribution < 1.29 is 32.3 Å². The molecule has 1 atom stereocenters. The van der Waals surface area contributed by atoms with Crippen LogP contribution in [0, 0.1) is 18.8 Å². The number of hydrogen-bond acceptors (Lipinski definition) is 4. The SMILES string of the molecule is Cc1oc2ccc(CC3CC(C(F)(F)F)C3)cc2c1C(=O)N[C@@](C)(CO)C(N)=O. The van der Waals surface area contributed by atoms with E-state index in [0.717, 1.165) is 5.56 Å². The minimum atomic E-state index is -4.15. The fourth-order valence-corrected chi connectivity index (χ4v) is 3.67. The molecule has 1 aromatic heterocycles. The highest BCUT2D eigenvalue weighted by Gasteiger charge is 2.47. The molecule has 2 amide bonds. The summed E-state index contributed by atoms with van der Waals surface area (Å²) in [5.74, 6) is -2.49. The van der Waals surface area contributed by atoms with Gasteiger partial charge in [0.25, 0.3) is 5.91 Å². The van der Waals surface area contributed by atoms with E-state index >= 15 is 0 Å². The maximum absolute atomic E-state index is 12.8. The summed E-state index contributed by atoms with van der Waals surface area (Å²) in [6.45, 7) is 2.23. The molecule has 0 radical (unpaired) electrons. The van der Waals surface area contributed by atoms with Crippen molar-refractivity contribution in [2.45, 2.75) is 44.8 Å². The highest BCUT2D eigenvalue weighted by molar-refractivity contribution is 6.09. The summed E-state index contributed by atoms with van der Waals surface area (Å²) >= 11 is 0. The van der Waals surface area contributed by atoms with Crippen LogP contribution in [0.15, 0.2) is 22.6 Å². The molecule has 6 nitrogen and oxygen atoms in total. The molecule has 1 aliphatic rings. The molecule has 9 heteroatoms. The average Bonchev–Trinajstić information content (AvgIpc) is 2.91. The highest BCUT2D eigenvalue weighted by atomic mass is 19.4. The first kappa shape index (κ1) is 21.2. The molecule has 4 N–H and O–H groups in total. The fraction of sp³-hybridized carbons (Fsp3) is 0.500.